The molecule has 0 spiro atoms. The van der Waals surface area contributed by atoms with E-state index in [1.54, 1.807) is 24.3 Å². The van der Waals surface area contributed by atoms with Gasteiger partial charge in [-0.05, 0) is 75.0 Å². The van der Waals surface area contributed by atoms with Crippen LogP contribution in [0.1, 0.15) is 36.9 Å². The summed E-state index contributed by atoms with van der Waals surface area (Å²) in [6.07, 6.45) is 1.21. The molecule has 0 atom stereocenters. The molecule has 0 saturated carbocycles. The number of benzene rings is 2. The number of aromatic hydroxyl groups is 1. The largest absolute Gasteiger partial charge is 0.506 e. The van der Waals surface area contributed by atoms with Crippen LogP contribution in [0.15, 0.2) is 54.6 Å². The zero-order valence-electron chi connectivity index (χ0n) is 19.4. The fraction of sp³-hybridized carbons (Fsp3) is 0.308. The first-order valence-electron chi connectivity index (χ1n) is 11.2. The second kappa shape index (κ2) is 11.5. The second-order valence-electron chi connectivity index (χ2n) is 8.47. The number of hydrogen-bond acceptors (Lipinski definition) is 6. The van der Waals surface area contributed by atoms with Gasteiger partial charge in [0.25, 0.3) is 5.91 Å². The predicted octanol–water partition coefficient (Wildman–Crippen LogP) is 5.00. The fourth-order valence-electron chi connectivity index (χ4n) is 4.04. The maximum absolute atomic E-state index is 12.9. The molecule has 2 N–H and O–H groups in total. The van der Waals surface area contributed by atoms with Crippen LogP contribution in [-0.2, 0) is 6.42 Å². The van der Waals surface area contributed by atoms with Crippen molar-refractivity contribution >= 4 is 46.8 Å². The fourth-order valence-corrected chi connectivity index (χ4v) is 4.84. The molecule has 1 fully saturated rings. The Balaban J connectivity index is 0.00000324. The molecule has 3 aromatic rings. The molecule has 1 amide bonds. The minimum absolute atomic E-state index is 0. The number of nitrogens with one attached hydrogen (secondary N) is 1. The predicted molar refractivity (Wildman–Crippen MR) is 141 cm³/mol. The minimum Gasteiger partial charge on any atom is -0.506 e. The van der Waals surface area contributed by atoms with Crippen LogP contribution in [-0.4, -0.2) is 54.9 Å². The molecule has 0 unspecified atom stereocenters. The van der Waals surface area contributed by atoms with Crippen molar-refractivity contribution in [1.29, 1.82) is 0 Å². The van der Waals surface area contributed by atoms with Crippen LogP contribution in [0.5, 0.6) is 5.75 Å². The summed E-state index contributed by atoms with van der Waals surface area (Å²) in [6.45, 7) is 6.02. The third-order valence-electron chi connectivity index (χ3n) is 5.95. The van der Waals surface area contributed by atoms with Gasteiger partial charge in [-0.3, -0.25) is 9.59 Å². The summed E-state index contributed by atoms with van der Waals surface area (Å²) < 4.78 is 0. The van der Waals surface area contributed by atoms with Gasteiger partial charge in [0.2, 0.25) is 0 Å². The van der Waals surface area contributed by atoms with Gasteiger partial charge in [0, 0.05) is 42.2 Å². The highest BCUT2D eigenvalue weighted by Gasteiger charge is 2.18. The molecular weight excluding hydrogens is 470 g/mol. The van der Waals surface area contributed by atoms with Crippen molar-refractivity contribution < 1.29 is 14.7 Å². The number of carbonyl (C=O) groups excluding carboxylic acids is 2. The average Bonchev–Trinajstić information content (AvgIpc) is 3.13. The molecule has 8 heteroatoms. The number of halogens is 1. The van der Waals surface area contributed by atoms with E-state index in [0.717, 1.165) is 43.2 Å². The summed E-state index contributed by atoms with van der Waals surface area (Å²) in [7, 11) is 2.14. The lowest BCUT2D eigenvalue weighted by atomic mass is 10.0. The molecule has 0 bridgehead atoms. The first-order chi connectivity index (χ1) is 15.9. The molecule has 1 aliphatic rings. The standard InChI is InChI=1S/C26H29N3O3S.ClH/c1-18-7-12-24(33-18)23(31)17-20-5-3-6-22(30)25(20)27-26(32)19-8-10-21(11-9-19)29-14-4-13-28(2)15-16-29;/h3,5-12,30H,4,13-17H2,1-2H3,(H,27,32);1H. The molecule has 0 aliphatic carbocycles. The smallest absolute Gasteiger partial charge is 0.255 e. The SMILES string of the molecule is Cc1ccc(C(=O)Cc2cccc(O)c2NC(=O)c2ccc(N3CCCN(C)CC3)cc2)s1.Cl. The lowest BCUT2D eigenvalue weighted by Crippen LogP contribution is -2.28. The van der Waals surface area contributed by atoms with Gasteiger partial charge in [-0.2, -0.15) is 0 Å². The van der Waals surface area contributed by atoms with E-state index in [9.17, 15) is 14.7 Å². The van der Waals surface area contributed by atoms with Gasteiger partial charge >= 0.3 is 0 Å². The zero-order chi connectivity index (χ0) is 23.4. The number of para-hydroxylation sites is 1. The Morgan fingerprint density at radius 1 is 1.00 bits per heavy atom. The van der Waals surface area contributed by atoms with Crippen LogP contribution in [0.2, 0.25) is 0 Å². The van der Waals surface area contributed by atoms with Gasteiger partial charge in [-0.25, -0.2) is 0 Å². The van der Waals surface area contributed by atoms with Crippen LogP contribution in [0.4, 0.5) is 11.4 Å². The van der Waals surface area contributed by atoms with Crippen molar-refractivity contribution in [2.24, 2.45) is 0 Å². The van der Waals surface area contributed by atoms with Crippen LogP contribution in [0.25, 0.3) is 0 Å². The van der Waals surface area contributed by atoms with Crippen molar-refractivity contribution in [3.63, 3.8) is 0 Å². The van der Waals surface area contributed by atoms with Gasteiger partial charge in [-0.15, -0.1) is 23.7 Å². The third-order valence-corrected chi connectivity index (χ3v) is 6.99. The Labute approximate surface area is 210 Å². The summed E-state index contributed by atoms with van der Waals surface area (Å²) >= 11 is 1.44. The third kappa shape index (κ3) is 6.17. The van der Waals surface area contributed by atoms with E-state index in [0.29, 0.717) is 16.0 Å². The minimum atomic E-state index is -0.320. The van der Waals surface area contributed by atoms with E-state index in [-0.39, 0.29) is 42.0 Å². The number of ketones is 1. The number of aryl methyl sites for hydroxylation is 1. The molecular formula is C26H30ClN3O3S. The number of hydrogen-bond donors (Lipinski definition) is 2. The van der Waals surface area contributed by atoms with Crippen molar-refractivity contribution in [2.75, 3.05) is 43.4 Å². The summed E-state index contributed by atoms with van der Waals surface area (Å²) in [5.74, 6) is -0.415. The molecule has 2 heterocycles. The van der Waals surface area contributed by atoms with Crippen molar-refractivity contribution in [3.05, 3.63) is 75.5 Å². The molecule has 180 valence electrons. The molecule has 1 aromatic heterocycles. The van der Waals surface area contributed by atoms with Crippen molar-refractivity contribution in [3.8, 4) is 5.75 Å². The Bertz CT molecular complexity index is 1150. The molecule has 1 aliphatic heterocycles. The average molecular weight is 500 g/mol. The lowest BCUT2D eigenvalue weighted by molar-refractivity contribution is 0.0992. The molecule has 0 radical (unpaired) electrons. The molecule has 6 nitrogen and oxygen atoms in total. The van der Waals surface area contributed by atoms with Crippen molar-refractivity contribution in [1.82, 2.24) is 4.90 Å². The van der Waals surface area contributed by atoms with E-state index in [1.807, 2.05) is 31.2 Å². The van der Waals surface area contributed by atoms with Gasteiger partial charge in [0.05, 0.1) is 10.6 Å². The summed E-state index contributed by atoms with van der Waals surface area (Å²) in [6, 6.07) is 16.2. The number of likely N-dealkylation sites (N-methyl/N-ethyl adjacent to an activating group) is 1. The quantitative estimate of drug-likeness (QED) is 0.368. The number of anilines is 2. The number of nitrogens with zero attached hydrogens (tertiary/aromatic N) is 2. The summed E-state index contributed by atoms with van der Waals surface area (Å²) in [5.41, 5.74) is 2.47. The van der Waals surface area contributed by atoms with E-state index >= 15 is 0 Å². The lowest BCUT2D eigenvalue weighted by Gasteiger charge is -2.23. The summed E-state index contributed by atoms with van der Waals surface area (Å²) in [5, 5.41) is 13.2. The van der Waals surface area contributed by atoms with E-state index < -0.39 is 0 Å². The Morgan fingerprint density at radius 2 is 1.76 bits per heavy atom. The van der Waals surface area contributed by atoms with Crippen LogP contribution >= 0.6 is 23.7 Å². The van der Waals surface area contributed by atoms with Gasteiger partial charge < -0.3 is 20.2 Å². The number of carbonyl (C=O) groups is 2. The maximum atomic E-state index is 12.9. The molecule has 34 heavy (non-hydrogen) atoms. The second-order valence-corrected chi connectivity index (χ2v) is 9.75. The molecule has 1 saturated heterocycles. The Kier molecular flexibility index (Phi) is 8.72. The maximum Gasteiger partial charge on any atom is 0.255 e. The Hall–Kier alpha value is -2.87. The van der Waals surface area contributed by atoms with Crippen LogP contribution < -0.4 is 10.2 Å². The van der Waals surface area contributed by atoms with Crippen molar-refractivity contribution in [2.45, 2.75) is 19.8 Å². The first kappa shape index (κ1) is 25.7. The number of rotatable bonds is 6. The number of phenols is 1. The van der Waals surface area contributed by atoms with Crippen LogP contribution in [0.3, 0.4) is 0 Å². The number of thiophene rings is 1. The highest BCUT2D eigenvalue weighted by atomic mass is 35.5. The van der Waals surface area contributed by atoms with Gasteiger partial charge in [-0.1, -0.05) is 12.1 Å². The topological polar surface area (TPSA) is 72.9 Å². The van der Waals surface area contributed by atoms with E-state index in [1.165, 1.54) is 17.4 Å². The molecule has 4 rings (SSSR count). The van der Waals surface area contributed by atoms with E-state index in [4.69, 9.17) is 0 Å². The molecule has 2 aromatic carbocycles. The first-order valence-corrected chi connectivity index (χ1v) is 12.0. The summed E-state index contributed by atoms with van der Waals surface area (Å²) in [4.78, 5) is 32.0. The highest BCUT2D eigenvalue weighted by molar-refractivity contribution is 7.14. The Morgan fingerprint density at radius 3 is 2.47 bits per heavy atom. The number of amides is 1. The number of phenolic OH excluding ortho intramolecular Hbond substituents is 1. The highest BCUT2D eigenvalue weighted by Crippen LogP contribution is 2.30. The van der Waals surface area contributed by atoms with Crippen LogP contribution in [0, 0.1) is 6.92 Å². The monoisotopic (exact) mass is 499 g/mol. The number of Topliss-reactive ketones (excluding diaryl/α,β-unsaturated/α-hetero) is 1. The zero-order valence-corrected chi connectivity index (χ0v) is 21.0. The normalized spacial score (nSPS) is 14.2. The van der Waals surface area contributed by atoms with E-state index in [2.05, 4.69) is 22.2 Å². The van der Waals surface area contributed by atoms with Gasteiger partial charge in [0.15, 0.2) is 5.78 Å². The van der Waals surface area contributed by atoms with Gasteiger partial charge in [0.1, 0.15) is 5.75 Å².